The van der Waals surface area contributed by atoms with E-state index >= 15 is 0 Å². The summed E-state index contributed by atoms with van der Waals surface area (Å²) in [6.07, 6.45) is 2.87. The van der Waals surface area contributed by atoms with Crippen LogP contribution < -0.4 is 4.74 Å². The van der Waals surface area contributed by atoms with Gasteiger partial charge >= 0.3 is 0 Å². The van der Waals surface area contributed by atoms with Gasteiger partial charge in [0.15, 0.2) is 0 Å². The van der Waals surface area contributed by atoms with Crippen molar-refractivity contribution in [1.29, 1.82) is 0 Å². The molecular formula is C17H20F2N2O3. The zero-order valence-electron chi connectivity index (χ0n) is 13.6. The Morgan fingerprint density at radius 2 is 1.92 bits per heavy atom. The number of amides is 2. The van der Waals surface area contributed by atoms with E-state index in [1.165, 1.54) is 12.0 Å². The SMILES string of the molecule is COc1cc(F)c(C(=O)N2CCC[C@H](N3CCCC3=O)C2)c(F)c1. The summed E-state index contributed by atoms with van der Waals surface area (Å²) in [5.74, 6) is -2.42. The van der Waals surface area contributed by atoms with Crippen LogP contribution in [0, 0.1) is 11.6 Å². The van der Waals surface area contributed by atoms with Gasteiger partial charge in [-0.05, 0) is 19.3 Å². The van der Waals surface area contributed by atoms with Gasteiger partial charge in [0.25, 0.3) is 5.91 Å². The maximum Gasteiger partial charge on any atom is 0.259 e. The van der Waals surface area contributed by atoms with Gasteiger partial charge in [-0.1, -0.05) is 0 Å². The predicted molar refractivity (Wildman–Crippen MR) is 82.8 cm³/mol. The fourth-order valence-corrected chi connectivity index (χ4v) is 3.48. The summed E-state index contributed by atoms with van der Waals surface area (Å²) in [6, 6.07) is 1.94. The molecule has 1 aromatic carbocycles. The third-order valence-corrected chi connectivity index (χ3v) is 4.70. The van der Waals surface area contributed by atoms with Crippen molar-refractivity contribution in [2.45, 2.75) is 31.7 Å². The van der Waals surface area contributed by atoms with Crippen LogP contribution in [0.3, 0.4) is 0 Å². The van der Waals surface area contributed by atoms with E-state index in [0.29, 0.717) is 32.5 Å². The number of carbonyl (C=O) groups is 2. The molecule has 0 bridgehead atoms. The second-order valence-corrected chi connectivity index (χ2v) is 6.20. The topological polar surface area (TPSA) is 49.9 Å². The van der Waals surface area contributed by atoms with E-state index in [1.807, 2.05) is 0 Å². The van der Waals surface area contributed by atoms with E-state index < -0.39 is 23.1 Å². The van der Waals surface area contributed by atoms with Crippen LogP contribution in [0.1, 0.15) is 36.0 Å². The minimum atomic E-state index is -0.934. The number of hydrogen-bond donors (Lipinski definition) is 0. The molecule has 7 heteroatoms. The Bertz CT molecular complexity index is 642. The normalized spacial score (nSPS) is 21.3. The van der Waals surface area contributed by atoms with Crippen molar-refractivity contribution >= 4 is 11.8 Å². The minimum absolute atomic E-state index is 0.0285. The molecule has 0 saturated carbocycles. The molecule has 0 aliphatic carbocycles. The van der Waals surface area contributed by atoms with Gasteiger partial charge in [-0.25, -0.2) is 8.78 Å². The average Bonchev–Trinajstić information content (AvgIpc) is 3.00. The molecule has 2 fully saturated rings. The van der Waals surface area contributed by atoms with Crippen LogP contribution >= 0.6 is 0 Å². The van der Waals surface area contributed by atoms with Gasteiger partial charge in [0.2, 0.25) is 5.91 Å². The van der Waals surface area contributed by atoms with Crippen LogP contribution in [-0.2, 0) is 4.79 Å². The lowest BCUT2D eigenvalue weighted by Gasteiger charge is -2.37. The Morgan fingerprint density at radius 1 is 1.21 bits per heavy atom. The summed E-state index contributed by atoms with van der Waals surface area (Å²) in [4.78, 5) is 27.7. The number of nitrogens with zero attached hydrogens (tertiary/aromatic N) is 2. The number of piperidine rings is 1. The number of likely N-dealkylation sites (tertiary alicyclic amines) is 2. The molecule has 0 unspecified atom stereocenters. The number of ether oxygens (including phenoxy) is 1. The van der Waals surface area contributed by atoms with E-state index in [2.05, 4.69) is 0 Å². The maximum absolute atomic E-state index is 14.1. The summed E-state index contributed by atoms with van der Waals surface area (Å²) in [6.45, 7) is 1.44. The summed E-state index contributed by atoms with van der Waals surface area (Å²) in [5.41, 5.74) is -0.566. The number of benzene rings is 1. The zero-order chi connectivity index (χ0) is 17.3. The minimum Gasteiger partial charge on any atom is -0.497 e. The largest absolute Gasteiger partial charge is 0.497 e. The molecule has 1 atom stereocenters. The Morgan fingerprint density at radius 3 is 2.50 bits per heavy atom. The van der Waals surface area contributed by atoms with Crippen molar-refractivity contribution in [2.24, 2.45) is 0 Å². The molecule has 0 radical (unpaired) electrons. The van der Waals surface area contributed by atoms with Gasteiger partial charge in [0, 0.05) is 44.2 Å². The van der Waals surface area contributed by atoms with Crippen molar-refractivity contribution in [2.75, 3.05) is 26.7 Å². The Hall–Kier alpha value is -2.18. The number of hydrogen-bond acceptors (Lipinski definition) is 3. The second kappa shape index (κ2) is 6.75. The number of methoxy groups -OCH3 is 1. The third-order valence-electron chi connectivity index (χ3n) is 4.70. The first-order valence-electron chi connectivity index (χ1n) is 8.13. The molecule has 0 aromatic heterocycles. The highest BCUT2D eigenvalue weighted by atomic mass is 19.1. The second-order valence-electron chi connectivity index (χ2n) is 6.20. The lowest BCUT2D eigenvalue weighted by molar-refractivity contribution is -0.130. The molecule has 2 amide bonds. The van der Waals surface area contributed by atoms with Crippen LogP contribution in [0.25, 0.3) is 0 Å². The van der Waals surface area contributed by atoms with E-state index in [-0.39, 0.29) is 17.7 Å². The summed E-state index contributed by atoms with van der Waals surface area (Å²) < 4.78 is 33.1. The molecule has 1 aromatic rings. The Kier molecular flexibility index (Phi) is 4.69. The summed E-state index contributed by atoms with van der Waals surface area (Å²) in [5, 5.41) is 0. The first-order chi connectivity index (χ1) is 11.5. The van der Waals surface area contributed by atoms with Gasteiger partial charge < -0.3 is 14.5 Å². The van der Waals surface area contributed by atoms with Gasteiger partial charge in [0.05, 0.1) is 7.11 Å². The van der Waals surface area contributed by atoms with Crippen LogP contribution in [0.4, 0.5) is 8.78 Å². The molecule has 0 N–H and O–H groups in total. The van der Waals surface area contributed by atoms with Crippen LogP contribution in [0.15, 0.2) is 12.1 Å². The lowest BCUT2D eigenvalue weighted by Crippen LogP contribution is -2.50. The van der Waals surface area contributed by atoms with Crippen LogP contribution in [0.2, 0.25) is 0 Å². The molecule has 2 aliphatic heterocycles. The van der Waals surface area contributed by atoms with Crippen LogP contribution in [0.5, 0.6) is 5.75 Å². The quantitative estimate of drug-likeness (QED) is 0.849. The summed E-state index contributed by atoms with van der Waals surface area (Å²) in [7, 11) is 1.30. The Labute approximate surface area is 139 Å². The highest BCUT2D eigenvalue weighted by Gasteiger charge is 2.34. The molecular weight excluding hydrogens is 318 g/mol. The molecule has 2 heterocycles. The monoisotopic (exact) mass is 338 g/mol. The molecule has 3 rings (SSSR count). The molecule has 5 nitrogen and oxygen atoms in total. The molecule has 2 aliphatic rings. The fourth-order valence-electron chi connectivity index (χ4n) is 3.48. The highest BCUT2D eigenvalue weighted by Crippen LogP contribution is 2.25. The van der Waals surface area contributed by atoms with Crippen molar-refractivity contribution < 1.29 is 23.1 Å². The molecule has 24 heavy (non-hydrogen) atoms. The predicted octanol–water partition coefficient (Wildman–Crippen LogP) is 2.20. The highest BCUT2D eigenvalue weighted by molar-refractivity contribution is 5.95. The van der Waals surface area contributed by atoms with E-state index in [9.17, 15) is 18.4 Å². The molecule has 2 saturated heterocycles. The van der Waals surface area contributed by atoms with Gasteiger partial charge in [-0.15, -0.1) is 0 Å². The van der Waals surface area contributed by atoms with Crippen molar-refractivity contribution in [3.63, 3.8) is 0 Å². The standard InChI is InChI=1S/C17H20F2N2O3/c1-24-12-8-13(18)16(14(19)9-12)17(23)20-6-2-4-11(10-20)21-7-3-5-15(21)22/h8-9,11H,2-7,10H2,1H3/t11-/m0/s1. The number of halogens is 2. The zero-order valence-corrected chi connectivity index (χ0v) is 13.6. The smallest absolute Gasteiger partial charge is 0.259 e. The van der Waals surface area contributed by atoms with Gasteiger partial charge in [0.1, 0.15) is 22.9 Å². The first-order valence-corrected chi connectivity index (χ1v) is 8.13. The molecule has 0 spiro atoms. The lowest BCUT2D eigenvalue weighted by atomic mass is 10.0. The number of carbonyl (C=O) groups excluding carboxylic acids is 2. The average molecular weight is 338 g/mol. The van der Waals surface area contributed by atoms with Crippen molar-refractivity contribution in [3.8, 4) is 5.75 Å². The van der Waals surface area contributed by atoms with E-state index in [4.69, 9.17) is 4.74 Å². The first kappa shape index (κ1) is 16.7. The Balaban J connectivity index is 1.78. The van der Waals surface area contributed by atoms with E-state index in [0.717, 1.165) is 25.0 Å². The molecule has 130 valence electrons. The maximum atomic E-state index is 14.1. The van der Waals surface area contributed by atoms with E-state index in [1.54, 1.807) is 4.90 Å². The third kappa shape index (κ3) is 3.07. The van der Waals surface area contributed by atoms with Gasteiger partial charge in [-0.3, -0.25) is 9.59 Å². The van der Waals surface area contributed by atoms with Crippen molar-refractivity contribution in [1.82, 2.24) is 9.80 Å². The van der Waals surface area contributed by atoms with Crippen molar-refractivity contribution in [3.05, 3.63) is 29.3 Å². The van der Waals surface area contributed by atoms with Gasteiger partial charge in [-0.2, -0.15) is 0 Å². The summed E-state index contributed by atoms with van der Waals surface area (Å²) >= 11 is 0. The van der Waals surface area contributed by atoms with Crippen LogP contribution in [-0.4, -0.2) is 54.4 Å². The fraction of sp³-hybridized carbons (Fsp3) is 0.529. The number of rotatable bonds is 3.